The summed E-state index contributed by atoms with van der Waals surface area (Å²) in [4.78, 5) is 0. The van der Waals surface area contributed by atoms with Crippen molar-refractivity contribution in [2.24, 2.45) is 0 Å². The van der Waals surface area contributed by atoms with Gasteiger partial charge in [0.2, 0.25) is 11.5 Å². The lowest BCUT2D eigenvalue weighted by atomic mass is 10.0. The van der Waals surface area contributed by atoms with Gasteiger partial charge in [-0.05, 0) is 42.5 Å². The number of aromatic nitrogens is 1. The van der Waals surface area contributed by atoms with Gasteiger partial charge >= 0.3 is 13.0 Å². The normalized spacial score (nSPS) is 11.8. The fraction of sp³-hybridized carbons (Fsp3) is 0.0500. The standard InChI is InChI=1S/C20H14NO2.BF4/c1-22-14-11-9-13(10-12-14)20-19-16-6-3-2-5-15(16)17-7-4-8-18(23-20)21(17)19;2-1(3,4)5/h2-12H,1H3;/q+1;-1. The van der Waals surface area contributed by atoms with Gasteiger partial charge in [0.05, 0.1) is 24.3 Å². The largest absolute Gasteiger partial charge is 0.673 e. The fourth-order valence-corrected chi connectivity index (χ4v) is 3.36. The quantitative estimate of drug-likeness (QED) is 0.223. The summed E-state index contributed by atoms with van der Waals surface area (Å²) in [5.74, 6) is 1.74. The van der Waals surface area contributed by atoms with Crippen LogP contribution < -0.4 is 9.14 Å². The molecule has 3 heterocycles. The van der Waals surface area contributed by atoms with Gasteiger partial charge in [0.25, 0.3) is 5.69 Å². The van der Waals surface area contributed by atoms with Gasteiger partial charge in [0, 0.05) is 11.6 Å². The first-order chi connectivity index (χ1) is 13.4. The topological polar surface area (TPSA) is 26.5 Å². The van der Waals surface area contributed by atoms with E-state index in [1.54, 1.807) is 7.11 Å². The molecule has 1 aliphatic rings. The van der Waals surface area contributed by atoms with Crippen LogP contribution in [0.25, 0.3) is 39.6 Å². The van der Waals surface area contributed by atoms with Crippen molar-refractivity contribution < 1.29 is 30.8 Å². The molecule has 0 amide bonds. The van der Waals surface area contributed by atoms with Gasteiger partial charge in [-0.1, -0.05) is 12.1 Å². The minimum Gasteiger partial charge on any atom is -0.497 e. The van der Waals surface area contributed by atoms with Crippen molar-refractivity contribution in [1.82, 2.24) is 0 Å². The molecule has 4 aromatic rings. The van der Waals surface area contributed by atoms with Crippen molar-refractivity contribution in [3.63, 3.8) is 0 Å². The third kappa shape index (κ3) is 3.22. The molecule has 0 bridgehead atoms. The summed E-state index contributed by atoms with van der Waals surface area (Å²) in [6, 6.07) is 22.6. The molecule has 1 aliphatic heterocycles. The van der Waals surface area contributed by atoms with Crippen molar-refractivity contribution in [2.45, 2.75) is 0 Å². The van der Waals surface area contributed by atoms with E-state index in [2.05, 4.69) is 34.7 Å². The van der Waals surface area contributed by atoms with Crippen molar-refractivity contribution in [1.29, 1.82) is 0 Å². The zero-order valence-corrected chi connectivity index (χ0v) is 14.7. The molecule has 142 valence electrons. The molecule has 0 radical (unpaired) electrons. The Morgan fingerprint density at radius 3 is 2.11 bits per heavy atom. The molecule has 0 fully saturated rings. The predicted octanol–water partition coefficient (Wildman–Crippen LogP) is 5.64. The first-order valence-electron chi connectivity index (χ1n) is 8.46. The lowest BCUT2D eigenvalue weighted by Crippen LogP contribution is -2.20. The Hall–Kier alpha value is -3.29. The van der Waals surface area contributed by atoms with Gasteiger partial charge in [-0.2, -0.15) is 0 Å². The van der Waals surface area contributed by atoms with Crippen LogP contribution in [0.4, 0.5) is 17.3 Å². The number of benzene rings is 2. The second-order valence-corrected chi connectivity index (χ2v) is 6.13. The molecule has 8 heteroatoms. The Bertz CT molecular complexity index is 1150. The van der Waals surface area contributed by atoms with E-state index in [1.807, 2.05) is 36.4 Å². The molecule has 0 atom stereocenters. The second kappa shape index (κ2) is 6.71. The van der Waals surface area contributed by atoms with E-state index < -0.39 is 7.25 Å². The highest BCUT2D eigenvalue weighted by Crippen LogP contribution is 2.41. The average Bonchev–Trinajstić information content (AvgIpc) is 3.22. The maximum absolute atomic E-state index is 9.75. The zero-order chi connectivity index (χ0) is 19.9. The lowest BCUT2D eigenvalue weighted by Gasteiger charge is -2.01. The van der Waals surface area contributed by atoms with Gasteiger partial charge in [-0.15, -0.1) is 4.40 Å². The van der Waals surface area contributed by atoms with Gasteiger partial charge in [-0.3, -0.25) is 0 Å². The lowest BCUT2D eigenvalue weighted by molar-refractivity contribution is -0.485. The van der Waals surface area contributed by atoms with Crippen LogP contribution in [0.2, 0.25) is 0 Å². The van der Waals surface area contributed by atoms with Gasteiger partial charge in [-0.25, -0.2) is 0 Å². The summed E-state index contributed by atoms with van der Waals surface area (Å²) in [6.45, 7) is 0. The number of pyridine rings is 1. The number of hydrogen-bond donors (Lipinski definition) is 0. The van der Waals surface area contributed by atoms with Crippen molar-refractivity contribution in [2.75, 3.05) is 7.11 Å². The van der Waals surface area contributed by atoms with E-state index in [4.69, 9.17) is 9.15 Å². The highest BCUT2D eigenvalue weighted by molar-refractivity contribution is 6.50. The molecule has 28 heavy (non-hydrogen) atoms. The maximum Gasteiger partial charge on any atom is 0.673 e. The van der Waals surface area contributed by atoms with Gasteiger partial charge < -0.3 is 26.4 Å². The number of rotatable bonds is 2. The van der Waals surface area contributed by atoms with Crippen LogP contribution in [0.15, 0.2) is 71.1 Å². The Labute approximate surface area is 157 Å². The fourth-order valence-electron chi connectivity index (χ4n) is 3.36. The maximum atomic E-state index is 9.75. The summed E-state index contributed by atoms with van der Waals surface area (Å²) in [5.41, 5.74) is 6.67. The predicted molar refractivity (Wildman–Crippen MR) is 98.5 cm³/mol. The summed E-state index contributed by atoms with van der Waals surface area (Å²) < 4.78 is 52.6. The van der Waals surface area contributed by atoms with Gasteiger partial charge in [0.1, 0.15) is 5.75 Å². The molecule has 0 aliphatic carbocycles. The number of methoxy groups -OCH3 is 1. The number of halogens is 4. The average molecular weight is 387 g/mol. The van der Waals surface area contributed by atoms with E-state index >= 15 is 0 Å². The van der Waals surface area contributed by atoms with E-state index in [0.717, 1.165) is 28.5 Å². The molecule has 0 unspecified atom stereocenters. The summed E-state index contributed by atoms with van der Waals surface area (Å²) in [6.07, 6.45) is 0. The van der Waals surface area contributed by atoms with E-state index in [-0.39, 0.29) is 0 Å². The first kappa shape index (κ1) is 18.1. The molecule has 5 rings (SSSR count). The summed E-state index contributed by atoms with van der Waals surface area (Å²) in [5, 5.41) is 0. The van der Waals surface area contributed by atoms with Crippen LogP contribution in [-0.2, 0) is 0 Å². The number of fused-ring (bicyclic) bond motifs is 3. The van der Waals surface area contributed by atoms with Gasteiger partial charge in [0.15, 0.2) is 0 Å². The Morgan fingerprint density at radius 1 is 0.821 bits per heavy atom. The van der Waals surface area contributed by atoms with E-state index in [1.165, 1.54) is 16.8 Å². The Balaban J connectivity index is 0.000000346. The second-order valence-electron chi connectivity index (χ2n) is 6.13. The molecular formula is C20H14BF4NO2. The smallest absolute Gasteiger partial charge is 0.497 e. The van der Waals surface area contributed by atoms with Crippen LogP contribution >= 0.6 is 0 Å². The minimum atomic E-state index is -6.00. The number of nitrogens with zero attached hydrogens (tertiary/aromatic N) is 1. The zero-order valence-electron chi connectivity index (χ0n) is 14.7. The third-order valence-electron chi connectivity index (χ3n) is 4.41. The molecule has 0 spiro atoms. The molecule has 0 saturated carbocycles. The van der Waals surface area contributed by atoms with Crippen molar-refractivity contribution in [3.8, 4) is 39.6 Å². The van der Waals surface area contributed by atoms with Crippen LogP contribution in [-0.4, -0.2) is 14.4 Å². The molecule has 0 saturated heterocycles. The molecule has 3 nitrogen and oxygen atoms in total. The Kier molecular flexibility index (Phi) is 4.33. The highest BCUT2D eigenvalue weighted by atomic mass is 19.5. The molecular weight excluding hydrogens is 373 g/mol. The van der Waals surface area contributed by atoms with Crippen LogP contribution in [0.5, 0.6) is 5.75 Å². The summed E-state index contributed by atoms with van der Waals surface area (Å²) >= 11 is 0. The number of hydrogen-bond acceptors (Lipinski definition) is 2. The van der Waals surface area contributed by atoms with E-state index in [0.29, 0.717) is 0 Å². The van der Waals surface area contributed by atoms with Crippen LogP contribution in [0, 0.1) is 0 Å². The number of oxazole rings is 1. The Morgan fingerprint density at radius 2 is 1.46 bits per heavy atom. The third-order valence-corrected chi connectivity index (χ3v) is 4.41. The number of ether oxygens (including phenoxy) is 1. The van der Waals surface area contributed by atoms with Crippen LogP contribution in [0.3, 0.4) is 0 Å². The van der Waals surface area contributed by atoms with Crippen molar-refractivity contribution in [3.05, 3.63) is 66.7 Å². The first-order valence-corrected chi connectivity index (χ1v) is 8.46. The monoisotopic (exact) mass is 387 g/mol. The van der Waals surface area contributed by atoms with Crippen molar-refractivity contribution >= 4 is 13.0 Å². The SMILES string of the molecule is COc1ccc(-c2oc3cccc4[n+]3c2-c2ccccc2-4)cc1.F[B-](F)(F)F. The van der Waals surface area contributed by atoms with E-state index in [9.17, 15) is 17.3 Å². The highest BCUT2D eigenvalue weighted by Gasteiger charge is 2.37. The molecule has 2 aromatic heterocycles. The van der Waals surface area contributed by atoms with Crippen LogP contribution in [0.1, 0.15) is 0 Å². The molecule has 2 aromatic carbocycles. The summed E-state index contributed by atoms with van der Waals surface area (Å²) in [7, 11) is -4.33. The molecule has 0 N–H and O–H groups in total. The minimum absolute atomic E-state index is 0.843.